The maximum atomic E-state index is 12.6. The van der Waals surface area contributed by atoms with Gasteiger partial charge >= 0.3 is 5.97 Å². The van der Waals surface area contributed by atoms with Crippen molar-refractivity contribution in [3.63, 3.8) is 0 Å². The molecule has 2 atom stereocenters. The summed E-state index contributed by atoms with van der Waals surface area (Å²) in [5.74, 6) is -0.543. The van der Waals surface area contributed by atoms with Crippen LogP contribution in [0.5, 0.6) is 11.5 Å². The van der Waals surface area contributed by atoms with Crippen molar-refractivity contribution in [3.8, 4) is 11.5 Å². The van der Waals surface area contributed by atoms with Crippen molar-refractivity contribution in [3.05, 3.63) is 39.2 Å². The summed E-state index contributed by atoms with van der Waals surface area (Å²) in [6.07, 6.45) is 3.31. The van der Waals surface area contributed by atoms with Crippen molar-refractivity contribution < 1.29 is 19.1 Å². The number of carbonyl (C=O) groups excluding carboxylic acids is 2. The number of allylic oxidation sites excluding steroid dienone is 1. The number of amides is 1. The average molecular weight is 441 g/mol. The molecule has 1 aromatic rings. The highest BCUT2D eigenvalue weighted by molar-refractivity contribution is 8.18. The fourth-order valence-electron chi connectivity index (χ4n) is 3.18. The van der Waals surface area contributed by atoms with Gasteiger partial charge in [-0.25, -0.2) is 0 Å². The van der Waals surface area contributed by atoms with E-state index >= 15 is 0 Å². The second-order valence-electron chi connectivity index (χ2n) is 6.98. The molecule has 1 aliphatic heterocycles. The average Bonchev–Trinajstić information content (AvgIpc) is 2.97. The van der Waals surface area contributed by atoms with E-state index in [2.05, 4.69) is 4.99 Å². The SMILES string of the molecule is COc1cc(/C=C2/SC(N)=NC2=O)ccc1OC(=O)[C@@H]1[C@@H](C=C(Cl)Cl)C1(C)C. The van der Waals surface area contributed by atoms with Crippen molar-refractivity contribution in [2.75, 3.05) is 7.11 Å². The monoisotopic (exact) mass is 440 g/mol. The molecular formula is C19H18Cl2N2O4S. The molecule has 0 aromatic heterocycles. The topological polar surface area (TPSA) is 91.0 Å². The van der Waals surface area contributed by atoms with E-state index in [4.69, 9.17) is 38.4 Å². The Morgan fingerprint density at radius 3 is 2.61 bits per heavy atom. The maximum Gasteiger partial charge on any atom is 0.315 e. The Kier molecular flexibility index (Phi) is 5.79. The van der Waals surface area contributed by atoms with Crippen LogP contribution in [0, 0.1) is 17.3 Å². The molecule has 2 aliphatic rings. The summed E-state index contributed by atoms with van der Waals surface area (Å²) < 4.78 is 11.0. The summed E-state index contributed by atoms with van der Waals surface area (Å²) in [6.45, 7) is 3.90. The van der Waals surface area contributed by atoms with Gasteiger partial charge in [-0.05, 0) is 52.9 Å². The van der Waals surface area contributed by atoms with Crippen LogP contribution in [0.25, 0.3) is 6.08 Å². The number of carbonyl (C=O) groups is 2. The predicted molar refractivity (Wildman–Crippen MR) is 111 cm³/mol. The van der Waals surface area contributed by atoms with E-state index in [1.807, 2.05) is 13.8 Å². The van der Waals surface area contributed by atoms with E-state index in [9.17, 15) is 9.59 Å². The molecule has 1 heterocycles. The van der Waals surface area contributed by atoms with Gasteiger partial charge in [-0.3, -0.25) is 9.59 Å². The molecule has 0 spiro atoms. The van der Waals surface area contributed by atoms with Crippen molar-refractivity contribution in [2.45, 2.75) is 13.8 Å². The number of hydrogen-bond acceptors (Lipinski definition) is 6. The number of benzene rings is 1. The summed E-state index contributed by atoms with van der Waals surface area (Å²) in [6, 6.07) is 5.00. The lowest BCUT2D eigenvalue weighted by molar-refractivity contribution is -0.136. The molecule has 9 heteroatoms. The van der Waals surface area contributed by atoms with Crippen LogP contribution in [0.3, 0.4) is 0 Å². The number of rotatable bonds is 5. The zero-order chi connectivity index (χ0) is 20.6. The van der Waals surface area contributed by atoms with Crippen molar-refractivity contribution in [2.24, 2.45) is 28.0 Å². The largest absolute Gasteiger partial charge is 0.493 e. The van der Waals surface area contributed by atoms with Gasteiger partial charge in [-0.15, -0.1) is 0 Å². The molecule has 1 aliphatic carbocycles. The van der Waals surface area contributed by atoms with E-state index in [0.29, 0.717) is 22.0 Å². The van der Waals surface area contributed by atoms with E-state index in [1.54, 1.807) is 30.4 Å². The first-order valence-electron chi connectivity index (χ1n) is 8.34. The van der Waals surface area contributed by atoms with Crippen LogP contribution in [0.4, 0.5) is 0 Å². The number of methoxy groups -OCH3 is 1. The number of ether oxygens (including phenoxy) is 2. The molecule has 3 rings (SSSR count). The van der Waals surface area contributed by atoms with Crippen LogP contribution in [-0.2, 0) is 9.59 Å². The first-order valence-corrected chi connectivity index (χ1v) is 9.91. The first kappa shape index (κ1) is 20.8. The highest BCUT2D eigenvalue weighted by Gasteiger charge is 2.61. The van der Waals surface area contributed by atoms with Gasteiger partial charge < -0.3 is 15.2 Å². The van der Waals surface area contributed by atoms with Crippen LogP contribution >= 0.6 is 35.0 Å². The number of amidine groups is 1. The van der Waals surface area contributed by atoms with Crippen LogP contribution in [0.15, 0.2) is 38.7 Å². The van der Waals surface area contributed by atoms with Gasteiger partial charge in [-0.1, -0.05) is 43.1 Å². The van der Waals surface area contributed by atoms with Gasteiger partial charge in [-0.2, -0.15) is 4.99 Å². The zero-order valence-corrected chi connectivity index (χ0v) is 17.7. The highest BCUT2D eigenvalue weighted by Crippen LogP contribution is 2.60. The lowest BCUT2D eigenvalue weighted by Crippen LogP contribution is -2.14. The molecular weight excluding hydrogens is 423 g/mol. The highest BCUT2D eigenvalue weighted by atomic mass is 35.5. The van der Waals surface area contributed by atoms with E-state index in [0.717, 1.165) is 11.8 Å². The number of nitrogens with two attached hydrogens (primary N) is 1. The fraction of sp³-hybridized carbons (Fsp3) is 0.316. The molecule has 0 saturated heterocycles. The van der Waals surface area contributed by atoms with Crippen molar-refractivity contribution in [1.82, 2.24) is 0 Å². The fourth-order valence-corrected chi connectivity index (χ4v) is 4.13. The van der Waals surface area contributed by atoms with Gasteiger partial charge in [0.15, 0.2) is 16.7 Å². The Bertz CT molecular complexity index is 936. The van der Waals surface area contributed by atoms with Crippen LogP contribution < -0.4 is 15.2 Å². The third kappa shape index (κ3) is 4.21. The summed E-state index contributed by atoms with van der Waals surface area (Å²) in [7, 11) is 1.47. The Balaban J connectivity index is 1.77. The maximum absolute atomic E-state index is 12.6. The number of thioether (sulfide) groups is 1. The minimum atomic E-state index is -0.384. The van der Waals surface area contributed by atoms with Crippen molar-refractivity contribution >= 4 is 58.1 Å². The van der Waals surface area contributed by atoms with Crippen LogP contribution in [0.2, 0.25) is 0 Å². The number of hydrogen-bond donors (Lipinski definition) is 1. The molecule has 0 bridgehead atoms. The van der Waals surface area contributed by atoms with Gasteiger partial charge in [0.2, 0.25) is 0 Å². The quantitative estimate of drug-likeness (QED) is 0.420. The first-order chi connectivity index (χ1) is 13.1. The summed E-state index contributed by atoms with van der Waals surface area (Å²) >= 11 is 12.6. The lowest BCUT2D eigenvalue weighted by Gasteiger charge is -2.10. The van der Waals surface area contributed by atoms with Gasteiger partial charge in [0, 0.05) is 0 Å². The van der Waals surface area contributed by atoms with Gasteiger partial charge in [0.1, 0.15) is 4.49 Å². The predicted octanol–water partition coefficient (Wildman–Crippen LogP) is 4.12. The minimum Gasteiger partial charge on any atom is -0.493 e. The molecule has 148 valence electrons. The summed E-state index contributed by atoms with van der Waals surface area (Å²) in [5.41, 5.74) is 5.96. The third-order valence-corrected chi connectivity index (χ3v) is 5.87. The van der Waals surface area contributed by atoms with Gasteiger partial charge in [0.05, 0.1) is 17.9 Å². The Morgan fingerprint density at radius 2 is 2.04 bits per heavy atom. The third-order valence-electron chi connectivity index (χ3n) is 4.80. The standard InChI is InChI=1S/C19H18Cl2N2O4S/c1-19(2)10(8-14(20)21)15(19)17(25)27-11-5-4-9(6-12(11)26-3)7-13-16(24)23-18(22)28-13/h4-8,10,15H,1-3H3,(H2,22,23,24)/b13-7+/t10-,15+/m1/s1. The molecule has 0 radical (unpaired) electrons. The summed E-state index contributed by atoms with van der Waals surface area (Å²) in [4.78, 5) is 28.4. The molecule has 2 N–H and O–H groups in total. The van der Waals surface area contributed by atoms with Gasteiger partial charge in [0.25, 0.3) is 5.91 Å². The second-order valence-corrected chi connectivity index (χ2v) is 9.05. The number of nitrogens with zero attached hydrogens (tertiary/aromatic N) is 1. The summed E-state index contributed by atoms with van der Waals surface area (Å²) in [5, 5.41) is 0.210. The molecule has 1 aromatic carbocycles. The molecule has 1 saturated carbocycles. The molecule has 28 heavy (non-hydrogen) atoms. The second kappa shape index (κ2) is 7.81. The Labute approximate surface area is 176 Å². The van der Waals surface area contributed by atoms with Crippen molar-refractivity contribution in [1.29, 1.82) is 0 Å². The zero-order valence-electron chi connectivity index (χ0n) is 15.4. The normalized spacial score (nSPS) is 24.0. The van der Waals surface area contributed by atoms with E-state index in [1.165, 1.54) is 7.11 Å². The van der Waals surface area contributed by atoms with Crippen LogP contribution in [0.1, 0.15) is 19.4 Å². The number of halogens is 2. The molecule has 0 unspecified atom stereocenters. The molecule has 1 amide bonds. The lowest BCUT2D eigenvalue weighted by atomic mass is 10.1. The Hall–Kier alpha value is -1.96. The number of esters is 1. The smallest absolute Gasteiger partial charge is 0.315 e. The van der Waals surface area contributed by atoms with E-state index in [-0.39, 0.29) is 38.8 Å². The van der Waals surface area contributed by atoms with Crippen LogP contribution in [-0.4, -0.2) is 24.2 Å². The minimum absolute atomic E-state index is 0.0872. The molecule has 1 fully saturated rings. The van der Waals surface area contributed by atoms with E-state index < -0.39 is 0 Å². The molecule has 6 nitrogen and oxygen atoms in total. The Morgan fingerprint density at radius 1 is 1.32 bits per heavy atom. The number of aliphatic imine (C=N–C) groups is 1.